The summed E-state index contributed by atoms with van der Waals surface area (Å²) in [5, 5.41) is 0. The van der Waals surface area contributed by atoms with Crippen molar-refractivity contribution in [1.29, 1.82) is 0 Å². The summed E-state index contributed by atoms with van der Waals surface area (Å²) < 4.78 is 5.97. The molecule has 1 atom stereocenters. The topological polar surface area (TPSA) is 9.23 Å². The third kappa shape index (κ3) is 6.35. The van der Waals surface area contributed by atoms with Gasteiger partial charge in [-0.3, -0.25) is 0 Å². The maximum Gasteiger partial charge on any atom is 0.0829 e. The van der Waals surface area contributed by atoms with Gasteiger partial charge in [0.2, 0.25) is 0 Å². The van der Waals surface area contributed by atoms with E-state index in [0.29, 0.717) is 6.61 Å². The van der Waals surface area contributed by atoms with Gasteiger partial charge in [-0.2, -0.15) is 0 Å². The second-order valence-electron chi connectivity index (χ2n) is 6.82. The van der Waals surface area contributed by atoms with Crippen LogP contribution in [0, 0.1) is 11.8 Å². The number of benzene rings is 1. The molecule has 1 aromatic carbocycles. The first kappa shape index (κ1) is 18.0. The molecule has 1 aromatic rings. The van der Waals surface area contributed by atoms with Crippen LogP contribution in [0.5, 0.6) is 0 Å². The molecule has 0 radical (unpaired) electrons. The minimum atomic E-state index is 0.214. The number of ether oxygens (including phenoxy) is 1. The van der Waals surface area contributed by atoms with Crippen molar-refractivity contribution < 1.29 is 4.74 Å². The molecule has 1 aliphatic carbocycles. The van der Waals surface area contributed by atoms with E-state index in [1.807, 2.05) is 6.08 Å². The Labute approximate surface area is 142 Å². The fraction of sp³-hybridized carbons (Fsp3) is 0.545. The molecule has 0 amide bonds. The van der Waals surface area contributed by atoms with E-state index in [4.69, 9.17) is 4.74 Å². The van der Waals surface area contributed by atoms with Gasteiger partial charge < -0.3 is 4.74 Å². The Bertz CT molecular complexity index is 442. The zero-order valence-electron chi connectivity index (χ0n) is 14.5. The fourth-order valence-electron chi connectivity index (χ4n) is 3.67. The van der Waals surface area contributed by atoms with Gasteiger partial charge in [-0.05, 0) is 49.5 Å². The van der Waals surface area contributed by atoms with Crippen LogP contribution in [-0.4, -0.2) is 6.61 Å². The van der Waals surface area contributed by atoms with Crippen molar-refractivity contribution in [3.05, 3.63) is 61.2 Å². The predicted octanol–water partition coefficient (Wildman–Crippen LogP) is 6.48. The quantitative estimate of drug-likeness (QED) is 0.355. The van der Waals surface area contributed by atoms with E-state index in [-0.39, 0.29) is 6.10 Å². The number of hydrogen-bond acceptors (Lipinski definition) is 1. The largest absolute Gasteiger partial charge is 0.369 e. The van der Waals surface area contributed by atoms with E-state index < -0.39 is 0 Å². The normalized spacial score (nSPS) is 22.4. The summed E-state index contributed by atoms with van der Waals surface area (Å²) in [7, 11) is 0. The first-order valence-electron chi connectivity index (χ1n) is 9.23. The predicted molar refractivity (Wildman–Crippen MR) is 99.4 cm³/mol. The lowest BCUT2D eigenvalue weighted by Gasteiger charge is -2.26. The van der Waals surface area contributed by atoms with Crippen LogP contribution in [0.1, 0.15) is 63.0 Å². The average molecular weight is 312 g/mol. The summed E-state index contributed by atoms with van der Waals surface area (Å²) in [6, 6.07) is 10.6. The number of rotatable bonds is 10. The molecule has 1 fully saturated rings. The highest BCUT2D eigenvalue weighted by Gasteiger charge is 2.19. The van der Waals surface area contributed by atoms with Gasteiger partial charge in [0.05, 0.1) is 12.7 Å². The summed E-state index contributed by atoms with van der Waals surface area (Å²) >= 11 is 0. The third-order valence-electron chi connectivity index (χ3n) is 5.14. The molecule has 1 unspecified atom stereocenters. The molecule has 23 heavy (non-hydrogen) atoms. The SMILES string of the molecule is C=CCOC(CCCCC1CCC(C=C)CC1)c1ccccc1. The van der Waals surface area contributed by atoms with Crippen LogP contribution in [0.15, 0.2) is 55.6 Å². The number of allylic oxidation sites excluding steroid dienone is 1. The zero-order valence-corrected chi connectivity index (χ0v) is 14.5. The Morgan fingerprint density at radius 1 is 1.04 bits per heavy atom. The van der Waals surface area contributed by atoms with Crippen LogP contribution in [0.3, 0.4) is 0 Å². The van der Waals surface area contributed by atoms with Crippen molar-refractivity contribution in [1.82, 2.24) is 0 Å². The van der Waals surface area contributed by atoms with Crippen LogP contribution in [0.4, 0.5) is 0 Å². The molecule has 0 N–H and O–H groups in total. The molecular weight excluding hydrogens is 280 g/mol. The lowest BCUT2D eigenvalue weighted by Crippen LogP contribution is -2.13. The average Bonchev–Trinajstić information content (AvgIpc) is 2.62. The maximum absolute atomic E-state index is 5.97. The van der Waals surface area contributed by atoms with Crippen LogP contribution in [-0.2, 0) is 4.74 Å². The Kier molecular flexibility index (Phi) is 8.17. The fourth-order valence-corrected chi connectivity index (χ4v) is 3.67. The summed E-state index contributed by atoms with van der Waals surface area (Å²) in [5.74, 6) is 1.72. The van der Waals surface area contributed by atoms with Gasteiger partial charge in [0.25, 0.3) is 0 Å². The van der Waals surface area contributed by atoms with Gasteiger partial charge in [-0.1, -0.05) is 61.7 Å². The molecule has 2 rings (SSSR count). The van der Waals surface area contributed by atoms with Crippen molar-refractivity contribution in [2.45, 2.75) is 57.5 Å². The molecule has 0 heterocycles. The van der Waals surface area contributed by atoms with Gasteiger partial charge in [-0.15, -0.1) is 13.2 Å². The van der Waals surface area contributed by atoms with Gasteiger partial charge in [0.1, 0.15) is 0 Å². The second-order valence-corrected chi connectivity index (χ2v) is 6.82. The molecule has 1 nitrogen and oxygen atoms in total. The summed E-state index contributed by atoms with van der Waals surface area (Å²) in [5.41, 5.74) is 1.29. The van der Waals surface area contributed by atoms with Gasteiger partial charge in [0.15, 0.2) is 0 Å². The smallest absolute Gasteiger partial charge is 0.0829 e. The minimum absolute atomic E-state index is 0.214. The minimum Gasteiger partial charge on any atom is -0.369 e. The standard InChI is InChI=1S/C22H32O/c1-3-18-23-22(21-11-6-5-7-12-21)13-9-8-10-20-16-14-19(4-2)15-17-20/h3-7,11-12,19-20,22H,1-2,8-10,13-18H2. The first-order chi connectivity index (χ1) is 11.3. The highest BCUT2D eigenvalue weighted by Crippen LogP contribution is 2.33. The summed E-state index contributed by atoms with van der Waals surface area (Å²) in [6.45, 7) is 8.33. The highest BCUT2D eigenvalue weighted by atomic mass is 16.5. The molecule has 0 spiro atoms. The van der Waals surface area contributed by atoms with E-state index in [1.54, 1.807) is 0 Å². The van der Waals surface area contributed by atoms with E-state index in [9.17, 15) is 0 Å². The molecule has 0 aliphatic heterocycles. The Hall–Kier alpha value is -1.34. The molecule has 126 valence electrons. The molecule has 0 aromatic heterocycles. The first-order valence-corrected chi connectivity index (χ1v) is 9.23. The monoisotopic (exact) mass is 312 g/mol. The van der Waals surface area contributed by atoms with Crippen molar-refractivity contribution in [2.24, 2.45) is 11.8 Å². The van der Waals surface area contributed by atoms with Gasteiger partial charge in [-0.25, -0.2) is 0 Å². The number of hydrogen-bond donors (Lipinski definition) is 0. The van der Waals surface area contributed by atoms with Crippen LogP contribution in [0.25, 0.3) is 0 Å². The molecule has 0 bridgehead atoms. The summed E-state index contributed by atoms with van der Waals surface area (Å²) in [6.07, 6.45) is 14.8. The Morgan fingerprint density at radius 3 is 2.43 bits per heavy atom. The van der Waals surface area contributed by atoms with E-state index in [2.05, 4.69) is 49.6 Å². The van der Waals surface area contributed by atoms with E-state index in [1.165, 1.54) is 50.5 Å². The van der Waals surface area contributed by atoms with E-state index >= 15 is 0 Å². The Morgan fingerprint density at radius 2 is 1.78 bits per heavy atom. The molecule has 0 saturated heterocycles. The number of unbranched alkanes of at least 4 members (excludes halogenated alkanes) is 1. The van der Waals surface area contributed by atoms with Crippen LogP contribution in [0.2, 0.25) is 0 Å². The summed E-state index contributed by atoms with van der Waals surface area (Å²) in [4.78, 5) is 0. The lowest BCUT2D eigenvalue weighted by molar-refractivity contribution is 0.0650. The molecule has 1 heteroatoms. The van der Waals surface area contributed by atoms with Crippen molar-refractivity contribution in [3.63, 3.8) is 0 Å². The van der Waals surface area contributed by atoms with Crippen molar-refractivity contribution >= 4 is 0 Å². The Balaban J connectivity index is 1.70. The van der Waals surface area contributed by atoms with Gasteiger partial charge in [0, 0.05) is 0 Å². The maximum atomic E-state index is 5.97. The zero-order chi connectivity index (χ0) is 16.3. The molecule has 1 aliphatic rings. The lowest BCUT2D eigenvalue weighted by atomic mass is 9.80. The van der Waals surface area contributed by atoms with Crippen LogP contribution < -0.4 is 0 Å². The molecular formula is C22H32O. The van der Waals surface area contributed by atoms with Gasteiger partial charge >= 0.3 is 0 Å². The second kappa shape index (κ2) is 10.4. The van der Waals surface area contributed by atoms with E-state index in [0.717, 1.165) is 18.3 Å². The van der Waals surface area contributed by atoms with Crippen molar-refractivity contribution in [3.8, 4) is 0 Å². The third-order valence-corrected chi connectivity index (χ3v) is 5.14. The molecule has 1 saturated carbocycles. The highest BCUT2D eigenvalue weighted by molar-refractivity contribution is 5.17. The van der Waals surface area contributed by atoms with Crippen molar-refractivity contribution in [2.75, 3.05) is 6.61 Å². The van der Waals surface area contributed by atoms with Crippen LogP contribution >= 0.6 is 0 Å².